The number of carbonyl (C=O) groups is 1. The molecule has 0 spiro atoms. The van der Waals surface area contributed by atoms with E-state index in [2.05, 4.69) is 12.2 Å². The van der Waals surface area contributed by atoms with Gasteiger partial charge in [0.2, 0.25) is 0 Å². The van der Waals surface area contributed by atoms with Crippen molar-refractivity contribution in [1.82, 2.24) is 5.32 Å². The van der Waals surface area contributed by atoms with Crippen LogP contribution in [0.2, 0.25) is 0 Å². The Bertz CT molecular complexity index is 391. The van der Waals surface area contributed by atoms with Crippen LogP contribution in [0.4, 0.5) is 0 Å². The summed E-state index contributed by atoms with van der Waals surface area (Å²) in [7, 11) is 0. The molecule has 1 aromatic carbocycles. The summed E-state index contributed by atoms with van der Waals surface area (Å²) in [5.74, 6) is 0.348. The zero-order chi connectivity index (χ0) is 14.1. The van der Waals surface area contributed by atoms with E-state index in [1.807, 2.05) is 38.1 Å². The molecule has 1 aromatic rings. The Hall–Kier alpha value is -1.55. The third-order valence-electron chi connectivity index (χ3n) is 2.38. The van der Waals surface area contributed by atoms with Crippen LogP contribution >= 0.6 is 0 Å². The number of ether oxygens (including phenoxy) is 2. The second kappa shape index (κ2) is 8.53. The quantitative estimate of drug-likeness (QED) is 0.579. The van der Waals surface area contributed by atoms with E-state index in [4.69, 9.17) is 9.47 Å². The minimum Gasteiger partial charge on any atom is -0.482 e. The maximum Gasteiger partial charge on any atom is 0.344 e. The lowest BCUT2D eigenvalue weighted by atomic mass is 10.2. The van der Waals surface area contributed by atoms with Crippen molar-refractivity contribution in [3.63, 3.8) is 0 Å². The zero-order valence-corrected chi connectivity index (χ0v) is 11.9. The maximum atomic E-state index is 11.4. The summed E-state index contributed by atoms with van der Waals surface area (Å²) in [5, 5.41) is 3.32. The van der Waals surface area contributed by atoms with Crippen LogP contribution in [0.15, 0.2) is 24.3 Å². The van der Waals surface area contributed by atoms with Gasteiger partial charge in [-0.05, 0) is 44.5 Å². The molecular weight excluding hydrogens is 242 g/mol. The highest BCUT2D eigenvalue weighted by atomic mass is 16.6. The van der Waals surface area contributed by atoms with Gasteiger partial charge in [0.25, 0.3) is 0 Å². The molecule has 0 heterocycles. The highest BCUT2D eigenvalue weighted by Gasteiger charge is 2.06. The number of hydrogen-bond acceptors (Lipinski definition) is 4. The van der Waals surface area contributed by atoms with E-state index < -0.39 is 0 Å². The number of hydrogen-bond donors (Lipinski definition) is 1. The van der Waals surface area contributed by atoms with Gasteiger partial charge in [0.15, 0.2) is 6.61 Å². The van der Waals surface area contributed by atoms with E-state index in [9.17, 15) is 4.79 Å². The Labute approximate surface area is 115 Å². The van der Waals surface area contributed by atoms with E-state index >= 15 is 0 Å². The predicted octanol–water partition coefficient (Wildman–Crippen LogP) is 2.52. The second-order valence-corrected chi connectivity index (χ2v) is 4.65. The molecule has 0 aliphatic carbocycles. The van der Waals surface area contributed by atoms with Gasteiger partial charge in [0, 0.05) is 6.54 Å². The Morgan fingerprint density at radius 3 is 2.84 bits per heavy atom. The first-order valence-electron chi connectivity index (χ1n) is 6.73. The topological polar surface area (TPSA) is 47.6 Å². The van der Waals surface area contributed by atoms with Crippen LogP contribution in [0.3, 0.4) is 0 Å². The minimum atomic E-state index is -0.343. The van der Waals surface area contributed by atoms with Gasteiger partial charge in [-0.15, -0.1) is 0 Å². The first-order chi connectivity index (χ1) is 9.11. The van der Waals surface area contributed by atoms with Crippen LogP contribution in [-0.2, 0) is 16.1 Å². The highest BCUT2D eigenvalue weighted by Crippen LogP contribution is 2.13. The SMILES string of the molecule is CCCNCc1cccc(OCC(=O)OC(C)C)c1. The second-order valence-electron chi connectivity index (χ2n) is 4.65. The molecule has 0 radical (unpaired) electrons. The average molecular weight is 265 g/mol. The van der Waals surface area contributed by atoms with Crippen molar-refractivity contribution in [2.45, 2.75) is 39.8 Å². The molecule has 4 nitrogen and oxygen atoms in total. The first kappa shape index (κ1) is 15.5. The monoisotopic (exact) mass is 265 g/mol. The summed E-state index contributed by atoms with van der Waals surface area (Å²) in [6.07, 6.45) is 0.998. The summed E-state index contributed by atoms with van der Waals surface area (Å²) in [6, 6.07) is 7.73. The molecule has 1 rings (SSSR count). The molecule has 1 N–H and O–H groups in total. The Morgan fingerprint density at radius 1 is 1.37 bits per heavy atom. The Kier molecular flexibility index (Phi) is 6.97. The van der Waals surface area contributed by atoms with E-state index in [0.29, 0.717) is 5.75 Å². The van der Waals surface area contributed by atoms with Crippen molar-refractivity contribution < 1.29 is 14.3 Å². The lowest BCUT2D eigenvalue weighted by Crippen LogP contribution is -2.19. The molecule has 0 aliphatic rings. The molecule has 0 atom stereocenters. The third-order valence-corrected chi connectivity index (χ3v) is 2.38. The number of esters is 1. The lowest BCUT2D eigenvalue weighted by Gasteiger charge is -2.10. The molecule has 4 heteroatoms. The van der Waals surface area contributed by atoms with Crippen molar-refractivity contribution in [3.05, 3.63) is 29.8 Å². The summed E-state index contributed by atoms with van der Waals surface area (Å²) in [6.45, 7) is 7.51. The number of benzene rings is 1. The molecule has 0 fully saturated rings. The maximum absolute atomic E-state index is 11.4. The molecule has 0 bridgehead atoms. The normalized spacial score (nSPS) is 10.5. The fraction of sp³-hybridized carbons (Fsp3) is 0.533. The standard InChI is InChI=1S/C15H23NO3/c1-4-8-16-10-13-6-5-7-14(9-13)18-11-15(17)19-12(2)3/h5-7,9,12,16H,4,8,10-11H2,1-3H3. The molecule has 0 saturated heterocycles. The van der Waals surface area contributed by atoms with Gasteiger partial charge >= 0.3 is 5.97 Å². The van der Waals surface area contributed by atoms with E-state index in [0.717, 1.165) is 25.1 Å². The van der Waals surface area contributed by atoms with Crippen LogP contribution in [0.5, 0.6) is 5.75 Å². The molecule has 106 valence electrons. The van der Waals surface area contributed by atoms with E-state index in [1.54, 1.807) is 0 Å². The van der Waals surface area contributed by atoms with E-state index in [-0.39, 0.29) is 18.7 Å². The smallest absolute Gasteiger partial charge is 0.344 e. The van der Waals surface area contributed by atoms with E-state index in [1.165, 1.54) is 0 Å². The fourth-order valence-corrected chi connectivity index (χ4v) is 1.59. The van der Waals surface area contributed by atoms with Crippen molar-refractivity contribution >= 4 is 5.97 Å². The van der Waals surface area contributed by atoms with Gasteiger partial charge in [-0.2, -0.15) is 0 Å². The van der Waals surface area contributed by atoms with Gasteiger partial charge in [-0.1, -0.05) is 19.1 Å². The Morgan fingerprint density at radius 2 is 2.16 bits per heavy atom. The zero-order valence-electron chi connectivity index (χ0n) is 11.9. The van der Waals surface area contributed by atoms with Crippen molar-refractivity contribution in [1.29, 1.82) is 0 Å². The summed E-state index contributed by atoms with van der Waals surface area (Å²) >= 11 is 0. The number of carbonyl (C=O) groups excluding carboxylic acids is 1. The average Bonchev–Trinajstić information content (AvgIpc) is 2.36. The van der Waals surface area contributed by atoms with Gasteiger partial charge in [-0.3, -0.25) is 0 Å². The molecule has 0 saturated carbocycles. The third kappa shape index (κ3) is 6.82. The van der Waals surface area contributed by atoms with Crippen molar-refractivity contribution in [2.75, 3.05) is 13.2 Å². The highest BCUT2D eigenvalue weighted by molar-refractivity contribution is 5.71. The van der Waals surface area contributed by atoms with Gasteiger partial charge in [0.05, 0.1) is 6.10 Å². The largest absolute Gasteiger partial charge is 0.482 e. The van der Waals surface area contributed by atoms with Gasteiger partial charge < -0.3 is 14.8 Å². The first-order valence-corrected chi connectivity index (χ1v) is 6.73. The minimum absolute atomic E-state index is 0.0516. The van der Waals surface area contributed by atoms with Crippen LogP contribution in [0, 0.1) is 0 Å². The Balaban J connectivity index is 2.41. The van der Waals surface area contributed by atoms with Crippen LogP contribution in [0.1, 0.15) is 32.8 Å². The van der Waals surface area contributed by atoms with Crippen LogP contribution in [-0.4, -0.2) is 25.2 Å². The summed E-state index contributed by atoms with van der Waals surface area (Å²) < 4.78 is 10.4. The summed E-state index contributed by atoms with van der Waals surface area (Å²) in [4.78, 5) is 11.4. The van der Waals surface area contributed by atoms with Crippen molar-refractivity contribution in [2.24, 2.45) is 0 Å². The predicted molar refractivity (Wildman–Crippen MR) is 75.2 cm³/mol. The molecule has 19 heavy (non-hydrogen) atoms. The molecule has 0 unspecified atom stereocenters. The van der Waals surface area contributed by atoms with Crippen LogP contribution < -0.4 is 10.1 Å². The van der Waals surface area contributed by atoms with Crippen LogP contribution in [0.25, 0.3) is 0 Å². The van der Waals surface area contributed by atoms with Gasteiger partial charge in [-0.25, -0.2) is 4.79 Å². The van der Waals surface area contributed by atoms with Gasteiger partial charge in [0.1, 0.15) is 5.75 Å². The molecule has 0 amide bonds. The lowest BCUT2D eigenvalue weighted by molar-refractivity contribution is -0.149. The number of nitrogens with one attached hydrogen (secondary N) is 1. The number of rotatable bonds is 8. The molecule has 0 aromatic heterocycles. The molecule has 0 aliphatic heterocycles. The summed E-state index contributed by atoms with van der Waals surface area (Å²) in [5.41, 5.74) is 1.14. The fourth-order valence-electron chi connectivity index (χ4n) is 1.59. The van der Waals surface area contributed by atoms with Crippen molar-refractivity contribution in [3.8, 4) is 5.75 Å². The molecular formula is C15H23NO3.